The number of fused-ring (bicyclic) bond motifs is 2. The van der Waals surface area contributed by atoms with Crippen LogP contribution in [0.1, 0.15) is 46.5 Å². The molecule has 1 aliphatic carbocycles. The van der Waals surface area contributed by atoms with Crippen LogP contribution in [0.4, 0.5) is 0 Å². The molecule has 4 aliphatic heterocycles. The summed E-state index contributed by atoms with van der Waals surface area (Å²) in [7, 11) is 0. The molecule has 1 N–H and O–H groups in total. The third kappa shape index (κ3) is 1.56. The fraction of sp³-hybridized carbons (Fsp3) is 1.00. The quantitative estimate of drug-likeness (QED) is 0.691. The van der Waals surface area contributed by atoms with Gasteiger partial charge in [0.2, 0.25) is 5.79 Å². The zero-order chi connectivity index (χ0) is 14.1. The molecule has 8 atom stereocenters. The predicted molar refractivity (Wildman–Crippen MR) is 69.0 cm³/mol. The van der Waals surface area contributed by atoms with Crippen molar-refractivity contribution in [2.24, 2.45) is 23.7 Å². The second-order valence-corrected chi connectivity index (χ2v) is 7.30. The summed E-state index contributed by atoms with van der Waals surface area (Å²) in [5.41, 5.74) is -0.549. The summed E-state index contributed by atoms with van der Waals surface area (Å²) < 4.78 is 11.9. The van der Waals surface area contributed by atoms with Crippen LogP contribution in [0.25, 0.3) is 0 Å². The molecule has 0 radical (unpaired) electrons. The van der Waals surface area contributed by atoms with Gasteiger partial charge in [0.15, 0.2) is 18.2 Å². The summed E-state index contributed by atoms with van der Waals surface area (Å²) in [6.07, 6.45) is 2.72. The molecule has 0 aromatic carbocycles. The summed E-state index contributed by atoms with van der Waals surface area (Å²) in [5.74, 6) is 0.437. The van der Waals surface area contributed by atoms with Crippen molar-refractivity contribution in [2.45, 2.75) is 70.4 Å². The lowest BCUT2D eigenvalue weighted by molar-refractivity contribution is -0.576. The van der Waals surface area contributed by atoms with Crippen molar-refractivity contribution in [2.75, 3.05) is 0 Å². The number of aliphatic hydroxyl groups is 1. The lowest BCUT2D eigenvalue weighted by atomic mass is 9.58. The van der Waals surface area contributed by atoms with E-state index < -0.39 is 24.0 Å². The minimum Gasteiger partial charge on any atom is -0.368 e. The van der Waals surface area contributed by atoms with Crippen molar-refractivity contribution in [1.29, 1.82) is 0 Å². The van der Waals surface area contributed by atoms with E-state index in [0.29, 0.717) is 11.8 Å². The Morgan fingerprint density at radius 3 is 2.65 bits per heavy atom. The third-order valence-electron chi connectivity index (χ3n) is 6.12. The first-order chi connectivity index (χ1) is 9.46. The molecule has 114 valence electrons. The van der Waals surface area contributed by atoms with Crippen LogP contribution in [-0.2, 0) is 19.2 Å². The lowest BCUT2D eigenvalue weighted by Gasteiger charge is -2.59. The van der Waals surface area contributed by atoms with Crippen LogP contribution < -0.4 is 0 Å². The molecule has 1 spiro atoms. The van der Waals surface area contributed by atoms with Crippen LogP contribution >= 0.6 is 0 Å². The first-order valence-corrected chi connectivity index (χ1v) is 7.84. The molecule has 2 unspecified atom stereocenters. The summed E-state index contributed by atoms with van der Waals surface area (Å²) in [5, 5.41) is 10.2. The third-order valence-corrected chi connectivity index (χ3v) is 6.12. The molecule has 5 heteroatoms. The maximum absolute atomic E-state index is 10.2. The predicted octanol–water partition coefficient (Wildman–Crippen LogP) is 2.19. The van der Waals surface area contributed by atoms with E-state index in [1.165, 1.54) is 6.42 Å². The number of hydrogen-bond donors (Lipinski definition) is 1. The Labute approximate surface area is 119 Å². The van der Waals surface area contributed by atoms with Crippen LogP contribution in [-0.4, -0.2) is 29.1 Å². The number of hydrogen-bond acceptors (Lipinski definition) is 5. The van der Waals surface area contributed by atoms with E-state index >= 15 is 0 Å². The van der Waals surface area contributed by atoms with Gasteiger partial charge in [0.25, 0.3) is 0 Å². The Bertz CT molecular complexity index is 411. The maximum Gasteiger partial charge on any atom is 0.201 e. The molecule has 5 fully saturated rings. The number of rotatable bonds is 0. The standard InChI is InChI=1S/C15H24O5/c1-8-4-5-11-9(2)12(16)17-13-15(11)10(8)6-7-14(3,18-13)19-20-15/h8-13,16H,4-7H2,1-3H3/t8-,9-,10?,11+,12?,13-,14+,15-/m1/s1. The van der Waals surface area contributed by atoms with Gasteiger partial charge in [-0.15, -0.1) is 0 Å². The highest BCUT2D eigenvalue weighted by molar-refractivity contribution is 5.08. The molecule has 4 heterocycles. The van der Waals surface area contributed by atoms with Crippen LogP contribution in [0.2, 0.25) is 0 Å². The van der Waals surface area contributed by atoms with Crippen molar-refractivity contribution in [1.82, 2.24) is 0 Å². The van der Waals surface area contributed by atoms with Crippen molar-refractivity contribution in [3.63, 3.8) is 0 Å². The molecule has 5 aliphatic rings. The molecule has 0 aromatic rings. The van der Waals surface area contributed by atoms with Crippen LogP contribution in [0, 0.1) is 23.7 Å². The van der Waals surface area contributed by atoms with Crippen molar-refractivity contribution in [3.8, 4) is 0 Å². The van der Waals surface area contributed by atoms with Crippen LogP contribution in [0.3, 0.4) is 0 Å². The molecule has 20 heavy (non-hydrogen) atoms. The molecule has 0 aromatic heterocycles. The Morgan fingerprint density at radius 1 is 1.05 bits per heavy atom. The topological polar surface area (TPSA) is 57.2 Å². The SMILES string of the molecule is C[C@@H]1CC[C@H]2[C@@H](C)C(O)O[C@@H]3O[C@]4(C)CCC1[C@]32OO4. The van der Waals surface area contributed by atoms with Crippen LogP contribution in [0.15, 0.2) is 0 Å². The van der Waals surface area contributed by atoms with Gasteiger partial charge in [0, 0.05) is 18.3 Å². The normalized spacial score (nSPS) is 61.8. The number of ether oxygens (including phenoxy) is 2. The van der Waals surface area contributed by atoms with Gasteiger partial charge in [-0.05, 0) is 38.0 Å². The lowest BCUT2D eigenvalue weighted by Crippen LogP contribution is -2.70. The molecule has 2 bridgehead atoms. The molecule has 5 rings (SSSR count). The molecular weight excluding hydrogens is 260 g/mol. The largest absolute Gasteiger partial charge is 0.368 e. The van der Waals surface area contributed by atoms with E-state index in [1.54, 1.807) is 0 Å². The van der Waals surface area contributed by atoms with Gasteiger partial charge in [-0.1, -0.05) is 13.8 Å². The molecule has 5 nitrogen and oxygen atoms in total. The molecular formula is C15H24O5. The highest BCUT2D eigenvalue weighted by Crippen LogP contribution is 2.60. The van der Waals surface area contributed by atoms with Gasteiger partial charge < -0.3 is 14.6 Å². The Hall–Kier alpha value is -0.200. The van der Waals surface area contributed by atoms with E-state index in [0.717, 1.165) is 19.3 Å². The summed E-state index contributed by atoms with van der Waals surface area (Å²) in [4.78, 5) is 11.6. The highest BCUT2D eigenvalue weighted by atomic mass is 17.3. The van der Waals surface area contributed by atoms with Gasteiger partial charge >= 0.3 is 0 Å². The zero-order valence-corrected chi connectivity index (χ0v) is 12.4. The Morgan fingerprint density at radius 2 is 1.85 bits per heavy atom. The smallest absolute Gasteiger partial charge is 0.201 e. The zero-order valence-electron chi connectivity index (χ0n) is 12.4. The van der Waals surface area contributed by atoms with E-state index in [4.69, 9.17) is 19.2 Å². The monoisotopic (exact) mass is 284 g/mol. The summed E-state index contributed by atoms with van der Waals surface area (Å²) >= 11 is 0. The first-order valence-electron chi connectivity index (χ1n) is 7.84. The van der Waals surface area contributed by atoms with E-state index in [2.05, 4.69) is 6.92 Å². The van der Waals surface area contributed by atoms with Gasteiger partial charge in [-0.25, -0.2) is 9.78 Å². The maximum atomic E-state index is 10.2. The summed E-state index contributed by atoms with van der Waals surface area (Å²) in [6.45, 7) is 6.22. The van der Waals surface area contributed by atoms with Gasteiger partial charge in [-0.3, -0.25) is 0 Å². The number of aliphatic hydroxyl groups excluding tert-OH is 1. The average Bonchev–Trinajstić information content (AvgIpc) is 2.63. The minimum absolute atomic E-state index is 0.0379. The molecule has 4 saturated heterocycles. The minimum atomic E-state index is -0.781. The van der Waals surface area contributed by atoms with Gasteiger partial charge in [0.05, 0.1) is 0 Å². The Balaban J connectivity index is 1.82. The fourth-order valence-electron chi connectivity index (χ4n) is 4.89. The summed E-state index contributed by atoms with van der Waals surface area (Å²) in [6, 6.07) is 0. The van der Waals surface area contributed by atoms with Crippen LogP contribution in [0.5, 0.6) is 0 Å². The van der Waals surface area contributed by atoms with Crippen molar-refractivity contribution in [3.05, 3.63) is 0 Å². The fourth-order valence-corrected chi connectivity index (χ4v) is 4.89. The molecule has 1 saturated carbocycles. The molecule has 0 amide bonds. The van der Waals surface area contributed by atoms with E-state index in [-0.39, 0.29) is 11.8 Å². The van der Waals surface area contributed by atoms with Gasteiger partial charge in [0.1, 0.15) is 0 Å². The second-order valence-electron chi connectivity index (χ2n) is 7.30. The van der Waals surface area contributed by atoms with Gasteiger partial charge in [-0.2, -0.15) is 0 Å². The highest BCUT2D eigenvalue weighted by Gasteiger charge is 2.69. The van der Waals surface area contributed by atoms with E-state index in [9.17, 15) is 5.11 Å². The second kappa shape index (κ2) is 4.17. The first kappa shape index (κ1) is 13.5. The Kier molecular flexibility index (Phi) is 2.81. The van der Waals surface area contributed by atoms with Crippen molar-refractivity contribution >= 4 is 0 Å². The van der Waals surface area contributed by atoms with E-state index in [1.807, 2.05) is 13.8 Å². The average molecular weight is 284 g/mol. The van der Waals surface area contributed by atoms with Crippen molar-refractivity contribution < 1.29 is 24.4 Å².